The van der Waals surface area contributed by atoms with Crippen molar-refractivity contribution >= 4 is 17.7 Å². The van der Waals surface area contributed by atoms with E-state index in [1.165, 1.54) is 5.56 Å². The number of piperidine rings is 1. The largest absolute Gasteiger partial charge is 0.345 e. The Labute approximate surface area is 114 Å². The number of rotatable bonds is 4. The fourth-order valence-electron chi connectivity index (χ4n) is 2.42. The van der Waals surface area contributed by atoms with Crippen molar-refractivity contribution in [3.8, 4) is 0 Å². The summed E-state index contributed by atoms with van der Waals surface area (Å²) >= 11 is 1.89. The third-order valence-corrected chi connectivity index (χ3v) is 4.98. The van der Waals surface area contributed by atoms with Crippen molar-refractivity contribution in [1.82, 2.24) is 4.90 Å². The highest BCUT2D eigenvalue weighted by Crippen LogP contribution is 2.30. The Kier molecular flexibility index (Phi) is 4.70. The Bertz CT molecular complexity index is 393. The zero-order valence-corrected chi connectivity index (χ0v) is 12.0. The highest BCUT2D eigenvalue weighted by atomic mass is 32.2. The molecule has 3 heteroatoms. The smallest absolute Gasteiger partial charge is 0.226 e. The molecule has 1 aromatic carbocycles. The van der Waals surface area contributed by atoms with Gasteiger partial charge in [-0.1, -0.05) is 37.3 Å². The van der Waals surface area contributed by atoms with Gasteiger partial charge in [-0.3, -0.25) is 4.79 Å². The summed E-state index contributed by atoms with van der Waals surface area (Å²) in [6, 6.07) is 10.5. The van der Waals surface area contributed by atoms with Crippen molar-refractivity contribution in [3.05, 3.63) is 35.9 Å². The number of likely N-dealkylation sites (tertiary alicyclic amines) is 1. The number of carbonyl (C=O) groups excluding carboxylic acids is 1. The minimum absolute atomic E-state index is 0.206. The number of nitrogens with zero attached hydrogens (tertiary/aromatic N) is 1. The Hall–Kier alpha value is -0.960. The molecule has 0 N–H and O–H groups in total. The molecule has 18 heavy (non-hydrogen) atoms. The van der Waals surface area contributed by atoms with Crippen LogP contribution in [-0.2, 0) is 10.5 Å². The SMILES string of the molecule is C[C@H](SCc1ccccc1)[C@H]1CCCN(C)C1=O. The number of amides is 1. The molecule has 1 heterocycles. The summed E-state index contributed by atoms with van der Waals surface area (Å²) in [6.07, 6.45) is 2.19. The van der Waals surface area contributed by atoms with Crippen LogP contribution < -0.4 is 0 Å². The molecule has 0 unspecified atom stereocenters. The molecule has 1 aliphatic heterocycles. The molecule has 0 spiro atoms. The van der Waals surface area contributed by atoms with Gasteiger partial charge in [-0.25, -0.2) is 0 Å². The summed E-state index contributed by atoms with van der Waals surface area (Å²) in [5.41, 5.74) is 1.34. The first kappa shape index (κ1) is 13.5. The normalized spacial score (nSPS) is 22.0. The van der Waals surface area contributed by atoms with Crippen LogP contribution in [0, 0.1) is 5.92 Å². The number of benzene rings is 1. The van der Waals surface area contributed by atoms with Crippen LogP contribution in [0.1, 0.15) is 25.3 Å². The first-order valence-electron chi connectivity index (χ1n) is 6.59. The molecule has 2 rings (SSSR count). The quantitative estimate of drug-likeness (QED) is 0.831. The standard InChI is InChI=1S/C15H21NOS/c1-12(14-9-6-10-16(2)15(14)17)18-11-13-7-4-3-5-8-13/h3-5,7-8,12,14H,6,9-11H2,1-2H3/t12-,14+/m0/s1. The van der Waals surface area contributed by atoms with Crippen molar-refractivity contribution in [1.29, 1.82) is 0 Å². The van der Waals surface area contributed by atoms with Crippen molar-refractivity contribution in [2.45, 2.75) is 30.8 Å². The molecule has 0 radical (unpaired) electrons. The van der Waals surface area contributed by atoms with Crippen molar-refractivity contribution in [2.24, 2.45) is 5.92 Å². The van der Waals surface area contributed by atoms with Crippen LogP contribution in [0.2, 0.25) is 0 Å². The van der Waals surface area contributed by atoms with E-state index in [0.717, 1.165) is 25.1 Å². The van der Waals surface area contributed by atoms with Crippen molar-refractivity contribution in [2.75, 3.05) is 13.6 Å². The molecule has 1 aliphatic rings. The monoisotopic (exact) mass is 263 g/mol. The van der Waals surface area contributed by atoms with Gasteiger partial charge in [-0.2, -0.15) is 11.8 Å². The first-order valence-corrected chi connectivity index (χ1v) is 7.64. The first-order chi connectivity index (χ1) is 8.68. The van der Waals surface area contributed by atoms with Gasteiger partial charge in [0.25, 0.3) is 0 Å². The Morgan fingerprint density at radius 3 is 2.83 bits per heavy atom. The van der Waals surface area contributed by atoms with Gasteiger partial charge in [-0.15, -0.1) is 0 Å². The second kappa shape index (κ2) is 6.28. The predicted octanol–water partition coefficient (Wildman–Crippen LogP) is 3.18. The third-order valence-electron chi connectivity index (χ3n) is 3.62. The van der Waals surface area contributed by atoms with Gasteiger partial charge in [0.15, 0.2) is 0 Å². The fraction of sp³-hybridized carbons (Fsp3) is 0.533. The summed E-state index contributed by atoms with van der Waals surface area (Å²) in [4.78, 5) is 14.0. The number of hydrogen-bond donors (Lipinski definition) is 0. The molecular weight excluding hydrogens is 242 g/mol. The highest BCUT2D eigenvalue weighted by Gasteiger charge is 2.30. The zero-order chi connectivity index (χ0) is 13.0. The lowest BCUT2D eigenvalue weighted by Gasteiger charge is -2.32. The lowest BCUT2D eigenvalue weighted by molar-refractivity contribution is -0.136. The maximum Gasteiger partial charge on any atom is 0.226 e. The summed E-state index contributed by atoms with van der Waals surface area (Å²) in [5.74, 6) is 1.53. The molecule has 1 aromatic rings. The average molecular weight is 263 g/mol. The summed E-state index contributed by atoms with van der Waals surface area (Å²) in [7, 11) is 1.92. The van der Waals surface area contributed by atoms with Gasteiger partial charge in [0.1, 0.15) is 0 Å². The molecular formula is C15H21NOS. The Morgan fingerprint density at radius 1 is 1.39 bits per heavy atom. The second-order valence-corrected chi connectivity index (χ2v) is 6.38. The number of carbonyl (C=O) groups is 1. The predicted molar refractivity (Wildman–Crippen MR) is 77.6 cm³/mol. The summed E-state index contributed by atoms with van der Waals surface area (Å²) < 4.78 is 0. The molecule has 1 saturated heterocycles. The van der Waals surface area contributed by atoms with Crippen LogP contribution in [-0.4, -0.2) is 29.6 Å². The van der Waals surface area contributed by atoms with Gasteiger partial charge in [-0.05, 0) is 18.4 Å². The Morgan fingerprint density at radius 2 is 2.11 bits per heavy atom. The van der Waals surface area contributed by atoms with Crippen LogP contribution >= 0.6 is 11.8 Å². The summed E-state index contributed by atoms with van der Waals surface area (Å²) in [5, 5.41) is 0.403. The minimum atomic E-state index is 0.206. The van der Waals surface area contributed by atoms with E-state index in [-0.39, 0.29) is 5.92 Å². The molecule has 0 saturated carbocycles. The molecule has 0 aliphatic carbocycles. The number of thioether (sulfide) groups is 1. The molecule has 1 fully saturated rings. The van der Waals surface area contributed by atoms with Crippen LogP contribution in [0.5, 0.6) is 0 Å². The van der Waals surface area contributed by atoms with E-state index >= 15 is 0 Å². The van der Waals surface area contributed by atoms with E-state index in [4.69, 9.17) is 0 Å². The number of hydrogen-bond acceptors (Lipinski definition) is 2. The van der Waals surface area contributed by atoms with Gasteiger partial charge < -0.3 is 4.90 Å². The van der Waals surface area contributed by atoms with E-state index in [9.17, 15) is 4.79 Å². The molecule has 2 atom stereocenters. The van der Waals surface area contributed by atoms with Gasteiger partial charge in [0.05, 0.1) is 0 Å². The van der Waals surface area contributed by atoms with E-state index in [1.54, 1.807) is 0 Å². The maximum atomic E-state index is 12.1. The average Bonchev–Trinajstić information content (AvgIpc) is 2.40. The van der Waals surface area contributed by atoms with E-state index in [2.05, 4.69) is 31.2 Å². The molecule has 0 aromatic heterocycles. The van der Waals surface area contributed by atoms with Gasteiger partial charge in [0.2, 0.25) is 5.91 Å². The van der Waals surface area contributed by atoms with Gasteiger partial charge in [0, 0.05) is 30.5 Å². The molecule has 1 amide bonds. The fourth-order valence-corrected chi connectivity index (χ4v) is 3.55. The second-order valence-electron chi connectivity index (χ2n) is 5.01. The lowest BCUT2D eigenvalue weighted by atomic mass is 9.95. The maximum absolute atomic E-state index is 12.1. The third kappa shape index (κ3) is 3.29. The van der Waals surface area contributed by atoms with Gasteiger partial charge >= 0.3 is 0 Å². The van der Waals surface area contributed by atoms with Crippen LogP contribution in [0.3, 0.4) is 0 Å². The molecule has 2 nitrogen and oxygen atoms in total. The topological polar surface area (TPSA) is 20.3 Å². The highest BCUT2D eigenvalue weighted by molar-refractivity contribution is 7.99. The van der Waals surface area contributed by atoms with E-state index in [1.807, 2.05) is 29.8 Å². The lowest BCUT2D eigenvalue weighted by Crippen LogP contribution is -2.41. The molecule has 98 valence electrons. The van der Waals surface area contributed by atoms with Crippen molar-refractivity contribution in [3.63, 3.8) is 0 Å². The van der Waals surface area contributed by atoms with Crippen LogP contribution in [0.4, 0.5) is 0 Å². The minimum Gasteiger partial charge on any atom is -0.345 e. The van der Waals surface area contributed by atoms with Crippen LogP contribution in [0.15, 0.2) is 30.3 Å². The Balaban J connectivity index is 1.88. The molecule has 0 bridgehead atoms. The zero-order valence-electron chi connectivity index (χ0n) is 11.1. The van der Waals surface area contributed by atoms with Crippen LogP contribution in [0.25, 0.3) is 0 Å². The van der Waals surface area contributed by atoms with Crippen molar-refractivity contribution < 1.29 is 4.79 Å². The van der Waals surface area contributed by atoms with E-state index < -0.39 is 0 Å². The summed E-state index contributed by atoms with van der Waals surface area (Å²) in [6.45, 7) is 3.11. The van der Waals surface area contributed by atoms with E-state index in [0.29, 0.717) is 11.2 Å².